The molecule has 0 fully saturated rings. The lowest BCUT2D eigenvalue weighted by atomic mass is 10.3. The topological polar surface area (TPSA) is 22.1 Å². The molecule has 60 valence electrons. The third kappa shape index (κ3) is 2.32. The standard InChI is InChI=1S/C8H10INO/c1-3-11-8-4-7(9)6(2)5-10-8/h4-5H,3H2,1-2H3. The van der Waals surface area contributed by atoms with Gasteiger partial charge in [0.15, 0.2) is 0 Å². The molecular weight excluding hydrogens is 253 g/mol. The van der Waals surface area contributed by atoms with Crippen molar-refractivity contribution in [2.45, 2.75) is 13.8 Å². The van der Waals surface area contributed by atoms with Crippen LogP contribution in [0.2, 0.25) is 0 Å². The summed E-state index contributed by atoms with van der Waals surface area (Å²) in [5.74, 6) is 0.711. The molecule has 1 aromatic heterocycles. The average molecular weight is 263 g/mol. The summed E-state index contributed by atoms with van der Waals surface area (Å²) in [6, 6.07) is 1.94. The SMILES string of the molecule is CCOc1cc(I)c(C)cn1. The molecule has 0 aromatic carbocycles. The third-order valence-electron chi connectivity index (χ3n) is 1.30. The minimum atomic E-state index is 0.673. The van der Waals surface area contributed by atoms with Crippen LogP contribution in [0.15, 0.2) is 12.3 Å². The van der Waals surface area contributed by atoms with Crippen molar-refractivity contribution < 1.29 is 4.74 Å². The van der Waals surface area contributed by atoms with E-state index in [0.717, 1.165) is 0 Å². The molecule has 1 rings (SSSR count). The number of aromatic nitrogens is 1. The van der Waals surface area contributed by atoms with Gasteiger partial charge in [0.1, 0.15) is 0 Å². The first-order valence-electron chi connectivity index (χ1n) is 3.49. The van der Waals surface area contributed by atoms with E-state index in [1.807, 2.05) is 26.1 Å². The van der Waals surface area contributed by atoms with Crippen molar-refractivity contribution in [3.63, 3.8) is 0 Å². The second kappa shape index (κ2) is 3.90. The Labute approximate surface area is 80.1 Å². The van der Waals surface area contributed by atoms with Crippen molar-refractivity contribution in [3.05, 3.63) is 21.4 Å². The van der Waals surface area contributed by atoms with Gasteiger partial charge in [-0.05, 0) is 42.0 Å². The first-order valence-corrected chi connectivity index (χ1v) is 4.57. The lowest BCUT2D eigenvalue weighted by molar-refractivity contribution is 0.326. The molecule has 0 spiro atoms. The number of pyridine rings is 1. The van der Waals surface area contributed by atoms with Crippen molar-refractivity contribution in [1.29, 1.82) is 0 Å². The molecule has 0 aliphatic rings. The Bertz CT molecular complexity index is 250. The van der Waals surface area contributed by atoms with E-state index in [9.17, 15) is 0 Å². The smallest absolute Gasteiger partial charge is 0.214 e. The minimum absolute atomic E-state index is 0.673. The summed E-state index contributed by atoms with van der Waals surface area (Å²) < 4.78 is 6.42. The first kappa shape index (κ1) is 8.77. The highest BCUT2D eigenvalue weighted by molar-refractivity contribution is 14.1. The molecule has 0 aliphatic carbocycles. The number of aryl methyl sites for hydroxylation is 1. The van der Waals surface area contributed by atoms with Crippen LogP contribution in [-0.4, -0.2) is 11.6 Å². The molecule has 0 unspecified atom stereocenters. The summed E-state index contributed by atoms with van der Waals surface area (Å²) in [4.78, 5) is 4.10. The molecule has 0 radical (unpaired) electrons. The van der Waals surface area contributed by atoms with Crippen molar-refractivity contribution in [2.75, 3.05) is 6.61 Å². The third-order valence-corrected chi connectivity index (χ3v) is 2.47. The van der Waals surface area contributed by atoms with E-state index < -0.39 is 0 Å². The Morgan fingerprint density at radius 2 is 2.36 bits per heavy atom. The average Bonchev–Trinajstić information content (AvgIpc) is 1.98. The fraction of sp³-hybridized carbons (Fsp3) is 0.375. The second-order valence-corrected chi connectivity index (χ2v) is 3.37. The van der Waals surface area contributed by atoms with E-state index in [4.69, 9.17) is 4.74 Å². The lowest BCUT2D eigenvalue weighted by Gasteiger charge is -2.02. The van der Waals surface area contributed by atoms with E-state index >= 15 is 0 Å². The first-order chi connectivity index (χ1) is 5.24. The molecule has 1 heterocycles. The van der Waals surface area contributed by atoms with E-state index in [0.29, 0.717) is 12.5 Å². The van der Waals surface area contributed by atoms with Gasteiger partial charge in [-0.15, -0.1) is 0 Å². The van der Waals surface area contributed by atoms with Gasteiger partial charge in [-0.2, -0.15) is 0 Å². The van der Waals surface area contributed by atoms with Gasteiger partial charge in [-0.25, -0.2) is 4.98 Å². The predicted octanol–water partition coefficient (Wildman–Crippen LogP) is 2.39. The number of rotatable bonds is 2. The van der Waals surface area contributed by atoms with Crippen molar-refractivity contribution in [3.8, 4) is 5.88 Å². The van der Waals surface area contributed by atoms with Crippen molar-refractivity contribution in [2.24, 2.45) is 0 Å². The van der Waals surface area contributed by atoms with Gasteiger partial charge in [-0.1, -0.05) is 0 Å². The van der Waals surface area contributed by atoms with Crippen LogP contribution in [-0.2, 0) is 0 Å². The van der Waals surface area contributed by atoms with Crippen molar-refractivity contribution >= 4 is 22.6 Å². The highest BCUT2D eigenvalue weighted by Crippen LogP contribution is 2.15. The van der Waals surface area contributed by atoms with Gasteiger partial charge >= 0.3 is 0 Å². The van der Waals surface area contributed by atoms with Gasteiger partial charge in [0, 0.05) is 15.8 Å². The van der Waals surface area contributed by atoms with E-state index in [-0.39, 0.29) is 0 Å². The van der Waals surface area contributed by atoms with Crippen LogP contribution in [0.5, 0.6) is 5.88 Å². The van der Waals surface area contributed by atoms with Crippen molar-refractivity contribution in [1.82, 2.24) is 4.98 Å². The number of halogens is 1. The van der Waals surface area contributed by atoms with Gasteiger partial charge in [0.25, 0.3) is 0 Å². The molecule has 0 N–H and O–H groups in total. The summed E-state index contributed by atoms with van der Waals surface area (Å²) >= 11 is 2.27. The maximum atomic E-state index is 5.23. The minimum Gasteiger partial charge on any atom is -0.478 e. The van der Waals surface area contributed by atoms with Crippen LogP contribution >= 0.6 is 22.6 Å². The Balaban J connectivity index is 2.86. The Morgan fingerprint density at radius 3 is 2.91 bits per heavy atom. The summed E-state index contributed by atoms with van der Waals surface area (Å²) in [6.45, 7) is 4.66. The van der Waals surface area contributed by atoms with Crippen LogP contribution in [0.1, 0.15) is 12.5 Å². The molecule has 0 saturated heterocycles. The van der Waals surface area contributed by atoms with Crippen LogP contribution < -0.4 is 4.74 Å². The second-order valence-electron chi connectivity index (χ2n) is 2.20. The Morgan fingerprint density at radius 1 is 1.64 bits per heavy atom. The quantitative estimate of drug-likeness (QED) is 0.764. The molecule has 0 saturated carbocycles. The number of hydrogen-bond acceptors (Lipinski definition) is 2. The number of ether oxygens (including phenoxy) is 1. The molecule has 0 aliphatic heterocycles. The van der Waals surface area contributed by atoms with Crippen LogP contribution in [0, 0.1) is 10.5 Å². The molecule has 3 heteroatoms. The van der Waals surface area contributed by atoms with Gasteiger partial charge < -0.3 is 4.74 Å². The molecule has 0 bridgehead atoms. The maximum Gasteiger partial charge on any atom is 0.214 e. The molecule has 2 nitrogen and oxygen atoms in total. The molecule has 11 heavy (non-hydrogen) atoms. The van der Waals surface area contributed by atoms with E-state index in [1.54, 1.807) is 0 Å². The van der Waals surface area contributed by atoms with Crippen LogP contribution in [0.25, 0.3) is 0 Å². The lowest BCUT2D eigenvalue weighted by Crippen LogP contribution is -1.95. The van der Waals surface area contributed by atoms with Gasteiger partial charge in [0.2, 0.25) is 5.88 Å². The summed E-state index contributed by atoms with van der Waals surface area (Å²) in [7, 11) is 0. The number of nitrogens with zero attached hydrogens (tertiary/aromatic N) is 1. The zero-order valence-corrected chi connectivity index (χ0v) is 8.75. The maximum absolute atomic E-state index is 5.23. The molecule has 0 atom stereocenters. The zero-order valence-electron chi connectivity index (χ0n) is 6.60. The molecule has 1 aromatic rings. The predicted molar refractivity (Wildman–Crippen MR) is 52.9 cm³/mol. The number of hydrogen-bond donors (Lipinski definition) is 0. The fourth-order valence-electron chi connectivity index (χ4n) is 0.708. The Kier molecular flexibility index (Phi) is 3.11. The van der Waals surface area contributed by atoms with Crippen LogP contribution in [0.4, 0.5) is 0 Å². The fourth-order valence-corrected chi connectivity index (χ4v) is 1.11. The summed E-state index contributed by atoms with van der Waals surface area (Å²) in [6.07, 6.45) is 1.83. The molecular formula is C8H10INO. The largest absolute Gasteiger partial charge is 0.478 e. The normalized spacial score (nSPS) is 9.73. The highest BCUT2D eigenvalue weighted by atomic mass is 127. The highest BCUT2D eigenvalue weighted by Gasteiger charge is 1.97. The van der Waals surface area contributed by atoms with Gasteiger partial charge in [-0.3, -0.25) is 0 Å². The van der Waals surface area contributed by atoms with Gasteiger partial charge in [0.05, 0.1) is 6.61 Å². The van der Waals surface area contributed by atoms with Crippen LogP contribution in [0.3, 0.4) is 0 Å². The summed E-state index contributed by atoms with van der Waals surface area (Å²) in [5, 5.41) is 0. The molecule has 0 amide bonds. The Hall–Kier alpha value is -0.320. The monoisotopic (exact) mass is 263 g/mol. The van der Waals surface area contributed by atoms with E-state index in [1.165, 1.54) is 9.13 Å². The van der Waals surface area contributed by atoms with E-state index in [2.05, 4.69) is 27.6 Å². The summed E-state index contributed by atoms with van der Waals surface area (Å²) in [5.41, 5.74) is 1.19. The zero-order chi connectivity index (χ0) is 8.27.